The lowest BCUT2D eigenvalue weighted by Gasteiger charge is -2.24. The van der Waals surface area contributed by atoms with Crippen LogP contribution in [0.3, 0.4) is 0 Å². The van der Waals surface area contributed by atoms with E-state index in [1.165, 1.54) is 11.6 Å². The lowest BCUT2D eigenvalue weighted by Crippen LogP contribution is -2.29. The summed E-state index contributed by atoms with van der Waals surface area (Å²) < 4.78 is 32.1. The van der Waals surface area contributed by atoms with Gasteiger partial charge in [-0.2, -0.15) is 0 Å². The number of rotatable bonds is 7. The highest BCUT2D eigenvalue weighted by Gasteiger charge is 2.42. The monoisotopic (exact) mass is 433 g/mol. The van der Waals surface area contributed by atoms with Gasteiger partial charge in [0.2, 0.25) is 14.7 Å². The predicted octanol–water partition coefficient (Wildman–Crippen LogP) is 4.18. The zero-order chi connectivity index (χ0) is 21.9. The molecule has 1 unspecified atom stereocenters. The van der Waals surface area contributed by atoms with Crippen LogP contribution in [0.1, 0.15) is 11.1 Å². The molecule has 1 N–H and O–H groups in total. The summed E-state index contributed by atoms with van der Waals surface area (Å²) in [5, 5.41) is 11.5. The van der Waals surface area contributed by atoms with Gasteiger partial charge in [-0.1, -0.05) is 54.6 Å². The SMILES string of the molecule is O=C(O)COc1cccc2cc(C3(S(=O)(=O)C=Cc4ccccc4)C=CC=N3)ccc12. The largest absolute Gasteiger partial charge is 0.481 e. The molecule has 0 amide bonds. The van der Waals surface area contributed by atoms with Gasteiger partial charge in [0.15, 0.2) is 6.61 Å². The van der Waals surface area contributed by atoms with E-state index >= 15 is 0 Å². The maximum atomic E-state index is 13.4. The molecule has 0 fully saturated rings. The molecule has 6 nitrogen and oxygen atoms in total. The van der Waals surface area contributed by atoms with Gasteiger partial charge in [0.1, 0.15) is 5.75 Å². The van der Waals surface area contributed by atoms with Gasteiger partial charge < -0.3 is 9.84 Å². The summed E-state index contributed by atoms with van der Waals surface area (Å²) in [6, 6.07) is 19.5. The molecule has 0 aromatic heterocycles. The van der Waals surface area contributed by atoms with E-state index in [-0.39, 0.29) is 0 Å². The Bertz CT molecular complexity index is 1310. The highest BCUT2D eigenvalue weighted by Crippen LogP contribution is 2.39. The van der Waals surface area contributed by atoms with Crippen LogP contribution in [0, 0.1) is 0 Å². The average Bonchev–Trinajstić information content (AvgIpc) is 3.29. The molecule has 1 aliphatic rings. The first-order chi connectivity index (χ1) is 14.9. The van der Waals surface area contributed by atoms with Crippen LogP contribution < -0.4 is 4.74 Å². The molecule has 0 saturated carbocycles. The van der Waals surface area contributed by atoms with Gasteiger partial charge in [-0.25, -0.2) is 13.2 Å². The molecule has 0 radical (unpaired) electrons. The molecular formula is C24H19NO5S. The van der Waals surface area contributed by atoms with E-state index in [1.54, 1.807) is 48.6 Å². The van der Waals surface area contributed by atoms with Gasteiger partial charge >= 0.3 is 5.97 Å². The number of ether oxygens (including phenoxy) is 1. The normalized spacial score (nSPS) is 18.1. The van der Waals surface area contributed by atoms with Crippen LogP contribution in [0.25, 0.3) is 16.8 Å². The van der Waals surface area contributed by atoms with E-state index in [0.717, 1.165) is 10.9 Å². The number of carbonyl (C=O) groups is 1. The topological polar surface area (TPSA) is 93.0 Å². The predicted molar refractivity (Wildman–Crippen MR) is 121 cm³/mol. The first-order valence-electron chi connectivity index (χ1n) is 9.50. The Kier molecular flexibility index (Phi) is 5.44. The number of hydrogen-bond acceptors (Lipinski definition) is 5. The minimum absolute atomic E-state index is 0.415. The Balaban J connectivity index is 1.76. The molecule has 0 bridgehead atoms. The van der Waals surface area contributed by atoms with Crippen molar-refractivity contribution < 1.29 is 23.1 Å². The quantitative estimate of drug-likeness (QED) is 0.603. The van der Waals surface area contributed by atoms with E-state index in [2.05, 4.69) is 4.99 Å². The molecule has 31 heavy (non-hydrogen) atoms. The number of allylic oxidation sites excluding steroid dienone is 1. The van der Waals surface area contributed by atoms with Crippen molar-refractivity contribution in [2.24, 2.45) is 4.99 Å². The molecule has 4 rings (SSSR count). The fourth-order valence-electron chi connectivity index (χ4n) is 3.45. The molecule has 0 spiro atoms. The minimum atomic E-state index is -3.85. The number of aliphatic imine (C=N–C) groups is 1. The molecule has 3 aromatic carbocycles. The summed E-state index contributed by atoms with van der Waals surface area (Å²) in [6.45, 7) is -0.462. The van der Waals surface area contributed by atoms with E-state index in [0.29, 0.717) is 16.7 Å². The van der Waals surface area contributed by atoms with Crippen molar-refractivity contribution in [1.82, 2.24) is 0 Å². The third-order valence-electron chi connectivity index (χ3n) is 4.95. The zero-order valence-corrected chi connectivity index (χ0v) is 17.2. The summed E-state index contributed by atoms with van der Waals surface area (Å²) in [5.41, 5.74) is 1.25. The molecule has 0 aliphatic carbocycles. The number of benzene rings is 3. The zero-order valence-electron chi connectivity index (χ0n) is 16.4. The molecule has 7 heteroatoms. The molecular weight excluding hydrogens is 414 g/mol. The molecule has 1 atom stereocenters. The molecule has 3 aromatic rings. The smallest absolute Gasteiger partial charge is 0.341 e. The number of carboxylic acids is 1. The highest BCUT2D eigenvalue weighted by atomic mass is 32.2. The maximum Gasteiger partial charge on any atom is 0.341 e. The van der Waals surface area contributed by atoms with Crippen LogP contribution in [0.5, 0.6) is 5.75 Å². The van der Waals surface area contributed by atoms with E-state index in [4.69, 9.17) is 9.84 Å². The van der Waals surface area contributed by atoms with Gasteiger partial charge in [-0.3, -0.25) is 4.99 Å². The Labute approximate surface area is 179 Å². The first kappa shape index (κ1) is 20.6. The van der Waals surface area contributed by atoms with Crippen LogP contribution in [0.15, 0.2) is 89.3 Å². The minimum Gasteiger partial charge on any atom is -0.481 e. The second kappa shape index (κ2) is 8.20. The Morgan fingerprint density at radius 1 is 1.06 bits per heavy atom. The summed E-state index contributed by atoms with van der Waals surface area (Å²) in [6.07, 6.45) is 6.20. The van der Waals surface area contributed by atoms with Crippen molar-refractivity contribution in [2.75, 3.05) is 6.61 Å². The average molecular weight is 433 g/mol. The number of fused-ring (bicyclic) bond motifs is 1. The van der Waals surface area contributed by atoms with Crippen LogP contribution in [-0.2, 0) is 19.5 Å². The van der Waals surface area contributed by atoms with Gasteiger partial charge in [0, 0.05) is 17.0 Å². The summed E-state index contributed by atoms with van der Waals surface area (Å²) in [7, 11) is -3.85. The highest BCUT2D eigenvalue weighted by molar-refractivity contribution is 7.95. The van der Waals surface area contributed by atoms with Crippen molar-refractivity contribution in [3.8, 4) is 5.75 Å². The number of nitrogens with zero attached hydrogens (tertiary/aromatic N) is 1. The van der Waals surface area contributed by atoms with Crippen LogP contribution in [-0.4, -0.2) is 32.3 Å². The number of sulfone groups is 1. The van der Waals surface area contributed by atoms with Gasteiger partial charge in [-0.05, 0) is 46.9 Å². The van der Waals surface area contributed by atoms with Crippen molar-refractivity contribution in [1.29, 1.82) is 0 Å². The lowest BCUT2D eigenvalue weighted by molar-refractivity contribution is -0.139. The fraction of sp³-hybridized carbons (Fsp3) is 0.0833. The standard InChI is InChI=1S/C24H19NO5S/c26-23(27)17-30-22-9-4-8-19-16-20(10-11-21(19)22)24(13-5-14-25-24)31(28,29)15-12-18-6-2-1-3-7-18/h1-16H,17H2,(H,26,27). The number of aliphatic carboxylic acids is 1. The molecule has 1 aliphatic heterocycles. The van der Waals surface area contributed by atoms with Crippen LogP contribution >= 0.6 is 0 Å². The molecule has 0 saturated heterocycles. The van der Waals surface area contributed by atoms with Crippen molar-refractivity contribution in [2.45, 2.75) is 4.87 Å². The fourth-order valence-corrected chi connectivity index (χ4v) is 4.93. The van der Waals surface area contributed by atoms with Crippen molar-refractivity contribution in [3.63, 3.8) is 0 Å². The summed E-state index contributed by atoms with van der Waals surface area (Å²) in [5.74, 6) is -0.660. The molecule has 1 heterocycles. The summed E-state index contributed by atoms with van der Waals surface area (Å²) >= 11 is 0. The van der Waals surface area contributed by atoms with Crippen molar-refractivity contribution >= 4 is 38.9 Å². The first-order valence-corrected chi connectivity index (χ1v) is 11.0. The van der Waals surface area contributed by atoms with Gasteiger partial charge in [-0.15, -0.1) is 0 Å². The van der Waals surface area contributed by atoms with E-state index < -0.39 is 27.3 Å². The maximum absolute atomic E-state index is 13.4. The van der Waals surface area contributed by atoms with Crippen LogP contribution in [0.4, 0.5) is 0 Å². The second-order valence-electron chi connectivity index (χ2n) is 6.97. The Hall–Kier alpha value is -3.71. The lowest BCUT2D eigenvalue weighted by atomic mass is 10.0. The van der Waals surface area contributed by atoms with Crippen molar-refractivity contribution in [3.05, 3.63) is 95.4 Å². The third-order valence-corrected chi connectivity index (χ3v) is 6.79. The van der Waals surface area contributed by atoms with Gasteiger partial charge in [0.05, 0.1) is 0 Å². The Morgan fingerprint density at radius 3 is 2.58 bits per heavy atom. The summed E-state index contributed by atoms with van der Waals surface area (Å²) in [4.78, 5) is 13.6. The number of carboxylic acid groups (broad SMARTS) is 1. The number of hydrogen-bond donors (Lipinski definition) is 1. The third kappa shape index (κ3) is 4.00. The van der Waals surface area contributed by atoms with E-state index in [9.17, 15) is 13.2 Å². The second-order valence-corrected chi connectivity index (χ2v) is 8.95. The van der Waals surface area contributed by atoms with E-state index in [1.807, 2.05) is 36.4 Å². The molecule has 156 valence electrons. The van der Waals surface area contributed by atoms with Crippen LogP contribution in [0.2, 0.25) is 0 Å². The van der Waals surface area contributed by atoms with Gasteiger partial charge in [0.25, 0.3) is 0 Å². The Morgan fingerprint density at radius 2 is 1.87 bits per heavy atom.